The van der Waals surface area contributed by atoms with Crippen LogP contribution in [0.3, 0.4) is 0 Å². The molecule has 96 valence electrons. The molecule has 0 radical (unpaired) electrons. The van der Waals surface area contributed by atoms with Crippen LogP contribution in [0.2, 0.25) is 0 Å². The van der Waals surface area contributed by atoms with E-state index in [2.05, 4.69) is 34.8 Å². The van der Waals surface area contributed by atoms with Gasteiger partial charge in [0.2, 0.25) is 0 Å². The molecule has 17 heavy (non-hydrogen) atoms. The molecular formula is C14H24N2S. The molecule has 1 aromatic rings. The van der Waals surface area contributed by atoms with Crippen molar-refractivity contribution >= 4 is 11.3 Å². The fourth-order valence-electron chi connectivity index (χ4n) is 2.45. The van der Waals surface area contributed by atoms with E-state index in [0.29, 0.717) is 6.04 Å². The van der Waals surface area contributed by atoms with Gasteiger partial charge in [0.15, 0.2) is 0 Å². The van der Waals surface area contributed by atoms with E-state index in [1.807, 2.05) is 0 Å². The van der Waals surface area contributed by atoms with Crippen LogP contribution in [0.15, 0.2) is 10.8 Å². The SMILES string of the molecule is Cc1cscc1CNC(C)CN1CCCCC1. The molecule has 1 atom stereocenters. The summed E-state index contributed by atoms with van der Waals surface area (Å²) in [4.78, 5) is 2.60. The zero-order valence-corrected chi connectivity index (χ0v) is 11.9. The van der Waals surface area contributed by atoms with Gasteiger partial charge in [0.05, 0.1) is 0 Å². The Hall–Kier alpha value is -0.380. The second-order valence-electron chi connectivity index (χ2n) is 5.22. The zero-order valence-electron chi connectivity index (χ0n) is 11.0. The lowest BCUT2D eigenvalue weighted by Gasteiger charge is -2.29. The van der Waals surface area contributed by atoms with Crippen molar-refractivity contribution in [3.63, 3.8) is 0 Å². The van der Waals surface area contributed by atoms with E-state index >= 15 is 0 Å². The second-order valence-corrected chi connectivity index (χ2v) is 5.97. The first-order valence-corrected chi connectivity index (χ1v) is 7.67. The first-order valence-electron chi connectivity index (χ1n) is 6.73. The third kappa shape index (κ3) is 4.09. The van der Waals surface area contributed by atoms with Crippen LogP contribution in [0.25, 0.3) is 0 Å². The Morgan fingerprint density at radius 3 is 2.71 bits per heavy atom. The first kappa shape index (κ1) is 13.1. The average molecular weight is 252 g/mol. The molecule has 0 spiro atoms. The van der Waals surface area contributed by atoms with Gasteiger partial charge in [0.1, 0.15) is 0 Å². The highest BCUT2D eigenvalue weighted by molar-refractivity contribution is 7.08. The molecule has 1 N–H and O–H groups in total. The zero-order chi connectivity index (χ0) is 12.1. The summed E-state index contributed by atoms with van der Waals surface area (Å²) in [5.41, 5.74) is 2.88. The number of nitrogens with zero attached hydrogens (tertiary/aromatic N) is 1. The molecule has 1 aliphatic rings. The van der Waals surface area contributed by atoms with Crippen molar-refractivity contribution in [2.45, 2.75) is 45.7 Å². The maximum absolute atomic E-state index is 3.64. The van der Waals surface area contributed by atoms with Crippen molar-refractivity contribution in [3.8, 4) is 0 Å². The molecule has 1 aliphatic heterocycles. The first-order chi connectivity index (χ1) is 8.25. The minimum atomic E-state index is 0.590. The van der Waals surface area contributed by atoms with Crippen LogP contribution in [0.1, 0.15) is 37.3 Å². The summed E-state index contributed by atoms with van der Waals surface area (Å²) in [5, 5.41) is 8.13. The fourth-order valence-corrected chi connectivity index (χ4v) is 3.30. The Labute approximate surface area is 109 Å². The van der Waals surface area contributed by atoms with Gasteiger partial charge in [-0.1, -0.05) is 6.42 Å². The van der Waals surface area contributed by atoms with E-state index in [0.717, 1.165) is 6.54 Å². The molecular weight excluding hydrogens is 228 g/mol. The summed E-state index contributed by atoms with van der Waals surface area (Å²) in [7, 11) is 0. The summed E-state index contributed by atoms with van der Waals surface area (Å²) >= 11 is 1.80. The van der Waals surface area contributed by atoms with Gasteiger partial charge in [-0.25, -0.2) is 0 Å². The summed E-state index contributed by atoms with van der Waals surface area (Å²) < 4.78 is 0. The number of aryl methyl sites for hydroxylation is 1. The van der Waals surface area contributed by atoms with Gasteiger partial charge in [-0.3, -0.25) is 0 Å². The van der Waals surface area contributed by atoms with Gasteiger partial charge in [-0.05, 0) is 61.7 Å². The number of likely N-dealkylation sites (tertiary alicyclic amines) is 1. The lowest BCUT2D eigenvalue weighted by atomic mass is 10.1. The molecule has 1 fully saturated rings. The average Bonchev–Trinajstić information content (AvgIpc) is 2.74. The van der Waals surface area contributed by atoms with Crippen molar-refractivity contribution in [2.75, 3.05) is 19.6 Å². The fraction of sp³-hybridized carbons (Fsp3) is 0.714. The Morgan fingerprint density at radius 2 is 2.06 bits per heavy atom. The van der Waals surface area contributed by atoms with Gasteiger partial charge in [0.25, 0.3) is 0 Å². The number of hydrogen-bond acceptors (Lipinski definition) is 3. The van der Waals surface area contributed by atoms with Crippen molar-refractivity contribution in [3.05, 3.63) is 21.9 Å². The molecule has 2 rings (SSSR count). The molecule has 0 bridgehead atoms. The molecule has 3 heteroatoms. The number of hydrogen-bond donors (Lipinski definition) is 1. The maximum Gasteiger partial charge on any atom is 0.0219 e. The number of nitrogens with one attached hydrogen (secondary N) is 1. The van der Waals surface area contributed by atoms with Crippen molar-refractivity contribution < 1.29 is 0 Å². The predicted molar refractivity (Wildman–Crippen MR) is 75.6 cm³/mol. The molecule has 1 saturated heterocycles. The molecule has 0 saturated carbocycles. The Morgan fingerprint density at radius 1 is 1.29 bits per heavy atom. The molecule has 0 amide bonds. The normalized spacial score (nSPS) is 19.4. The van der Waals surface area contributed by atoms with Crippen molar-refractivity contribution in [1.29, 1.82) is 0 Å². The maximum atomic E-state index is 3.64. The summed E-state index contributed by atoms with van der Waals surface area (Å²) in [6.07, 6.45) is 4.19. The van der Waals surface area contributed by atoms with Gasteiger partial charge in [-0.2, -0.15) is 11.3 Å². The van der Waals surface area contributed by atoms with Crippen LogP contribution in [0, 0.1) is 6.92 Å². The van der Waals surface area contributed by atoms with Gasteiger partial charge in [0, 0.05) is 19.1 Å². The van der Waals surface area contributed by atoms with Gasteiger partial charge >= 0.3 is 0 Å². The van der Waals surface area contributed by atoms with E-state index in [9.17, 15) is 0 Å². The second kappa shape index (κ2) is 6.53. The van der Waals surface area contributed by atoms with Crippen LogP contribution in [-0.2, 0) is 6.54 Å². The number of piperidine rings is 1. The lowest BCUT2D eigenvalue weighted by Crippen LogP contribution is -2.41. The summed E-state index contributed by atoms with van der Waals surface area (Å²) in [6, 6.07) is 0.590. The minimum Gasteiger partial charge on any atom is -0.309 e. The summed E-state index contributed by atoms with van der Waals surface area (Å²) in [6.45, 7) is 9.31. The van der Waals surface area contributed by atoms with Crippen LogP contribution < -0.4 is 5.32 Å². The lowest BCUT2D eigenvalue weighted by molar-refractivity contribution is 0.209. The van der Waals surface area contributed by atoms with Crippen molar-refractivity contribution in [1.82, 2.24) is 10.2 Å². The Kier molecular flexibility index (Phi) is 5.01. The van der Waals surface area contributed by atoms with E-state index in [1.165, 1.54) is 50.0 Å². The highest BCUT2D eigenvalue weighted by Crippen LogP contribution is 2.13. The highest BCUT2D eigenvalue weighted by Gasteiger charge is 2.13. The topological polar surface area (TPSA) is 15.3 Å². The summed E-state index contributed by atoms with van der Waals surface area (Å²) in [5.74, 6) is 0. The van der Waals surface area contributed by atoms with Crippen molar-refractivity contribution in [2.24, 2.45) is 0 Å². The molecule has 0 aromatic carbocycles. The smallest absolute Gasteiger partial charge is 0.0219 e. The third-order valence-corrected chi connectivity index (χ3v) is 4.49. The predicted octanol–water partition coefficient (Wildman–Crippen LogP) is 3.02. The molecule has 1 unspecified atom stereocenters. The van der Waals surface area contributed by atoms with E-state index in [4.69, 9.17) is 0 Å². The Balaban J connectivity index is 1.70. The van der Waals surface area contributed by atoms with Crippen LogP contribution in [-0.4, -0.2) is 30.6 Å². The quantitative estimate of drug-likeness (QED) is 0.866. The monoisotopic (exact) mass is 252 g/mol. The third-order valence-electron chi connectivity index (χ3n) is 3.58. The standard InChI is InChI=1S/C14H24N2S/c1-12-10-17-11-14(12)8-15-13(2)9-16-6-4-3-5-7-16/h10-11,13,15H,3-9H2,1-2H3. The van der Waals surface area contributed by atoms with E-state index in [1.54, 1.807) is 11.3 Å². The molecule has 2 nitrogen and oxygen atoms in total. The van der Waals surface area contributed by atoms with E-state index < -0.39 is 0 Å². The molecule has 2 heterocycles. The number of thiophene rings is 1. The Bertz CT molecular complexity index is 329. The number of rotatable bonds is 5. The molecule has 0 aliphatic carbocycles. The minimum absolute atomic E-state index is 0.590. The molecule has 1 aromatic heterocycles. The van der Waals surface area contributed by atoms with Crippen LogP contribution in [0.4, 0.5) is 0 Å². The van der Waals surface area contributed by atoms with Gasteiger partial charge < -0.3 is 10.2 Å². The van der Waals surface area contributed by atoms with E-state index in [-0.39, 0.29) is 0 Å². The highest BCUT2D eigenvalue weighted by atomic mass is 32.1. The van der Waals surface area contributed by atoms with Crippen LogP contribution >= 0.6 is 11.3 Å². The van der Waals surface area contributed by atoms with Crippen LogP contribution in [0.5, 0.6) is 0 Å². The largest absolute Gasteiger partial charge is 0.309 e. The van der Waals surface area contributed by atoms with Gasteiger partial charge in [-0.15, -0.1) is 0 Å².